The molecule has 160 valence electrons. The van der Waals surface area contributed by atoms with Crippen molar-refractivity contribution in [1.82, 2.24) is 5.43 Å². The van der Waals surface area contributed by atoms with Crippen LogP contribution >= 0.6 is 0 Å². The van der Waals surface area contributed by atoms with Gasteiger partial charge in [-0.1, -0.05) is 91.0 Å². The van der Waals surface area contributed by atoms with E-state index in [1.807, 2.05) is 85.8 Å². The highest BCUT2D eigenvalue weighted by Crippen LogP contribution is 2.26. The number of hydrogen-bond acceptors (Lipinski definition) is 3. The molecule has 4 rings (SSSR count). The van der Waals surface area contributed by atoms with Gasteiger partial charge in [0.2, 0.25) is 0 Å². The van der Waals surface area contributed by atoms with Gasteiger partial charge in [0.25, 0.3) is 5.91 Å². The number of hydrazone groups is 1. The number of nitrogens with one attached hydrogen (secondary N) is 1. The Labute approximate surface area is 188 Å². The van der Waals surface area contributed by atoms with E-state index in [9.17, 15) is 4.79 Å². The molecule has 4 aromatic carbocycles. The zero-order valence-electron chi connectivity index (χ0n) is 18.2. The molecule has 0 bridgehead atoms. The third-order valence-corrected chi connectivity index (χ3v) is 5.43. The smallest absolute Gasteiger partial charge is 0.280 e. The first-order valence-corrected chi connectivity index (χ1v) is 10.7. The Kier molecular flexibility index (Phi) is 6.61. The molecule has 1 N–H and O–H groups in total. The highest BCUT2D eigenvalue weighted by molar-refractivity contribution is 5.93. The summed E-state index contributed by atoms with van der Waals surface area (Å²) in [5, 5.41) is 6.63. The molecule has 1 unspecified atom stereocenters. The van der Waals surface area contributed by atoms with Crippen LogP contribution in [0.3, 0.4) is 0 Å². The molecule has 0 fully saturated rings. The number of ether oxygens (including phenoxy) is 1. The minimum atomic E-state index is -0.681. The van der Waals surface area contributed by atoms with Crippen molar-refractivity contribution >= 4 is 22.4 Å². The maximum Gasteiger partial charge on any atom is 0.280 e. The van der Waals surface area contributed by atoms with Gasteiger partial charge in [0, 0.05) is 11.6 Å². The van der Waals surface area contributed by atoms with Crippen molar-refractivity contribution in [3.63, 3.8) is 0 Å². The summed E-state index contributed by atoms with van der Waals surface area (Å²) < 4.78 is 5.86. The highest BCUT2D eigenvalue weighted by Gasteiger charge is 2.19. The van der Waals surface area contributed by atoms with Crippen LogP contribution in [0.4, 0.5) is 0 Å². The number of nitrogens with zero attached hydrogens (tertiary/aromatic N) is 1. The molecular weight excluding hydrogens is 396 g/mol. The topological polar surface area (TPSA) is 50.7 Å². The zero-order chi connectivity index (χ0) is 22.3. The van der Waals surface area contributed by atoms with E-state index < -0.39 is 6.10 Å². The monoisotopic (exact) mass is 422 g/mol. The van der Waals surface area contributed by atoms with Crippen LogP contribution in [-0.4, -0.2) is 17.7 Å². The fraction of sp³-hybridized carbons (Fsp3) is 0.143. The molecule has 4 heteroatoms. The summed E-state index contributed by atoms with van der Waals surface area (Å²) in [4.78, 5) is 12.7. The Bertz CT molecular complexity index is 1180. The normalized spacial score (nSPS) is 12.5. The van der Waals surface area contributed by atoms with E-state index in [4.69, 9.17) is 4.74 Å². The fourth-order valence-corrected chi connectivity index (χ4v) is 3.76. The molecule has 0 aliphatic heterocycles. The molecule has 1 atom stereocenters. The van der Waals surface area contributed by atoms with Gasteiger partial charge in [-0.15, -0.1) is 0 Å². The second-order valence-electron chi connectivity index (χ2n) is 7.75. The second-order valence-corrected chi connectivity index (χ2v) is 7.75. The van der Waals surface area contributed by atoms with Gasteiger partial charge in [0.15, 0.2) is 6.10 Å². The summed E-state index contributed by atoms with van der Waals surface area (Å²) in [6.07, 6.45) is -0.681. The summed E-state index contributed by atoms with van der Waals surface area (Å²) in [7, 11) is 0. The fourth-order valence-electron chi connectivity index (χ4n) is 3.76. The highest BCUT2D eigenvalue weighted by atomic mass is 16.5. The summed E-state index contributed by atoms with van der Waals surface area (Å²) in [5.74, 6) is 0.310. The van der Waals surface area contributed by atoms with Gasteiger partial charge in [-0.05, 0) is 47.9 Å². The lowest BCUT2D eigenvalue weighted by Gasteiger charge is -2.19. The standard InChI is InChI=1S/C28H26N2O2/c1-20(27(23-12-5-3-6-13-23)24-14-7-4-8-15-24)29-30-28(31)21(2)32-26-18-17-22-11-9-10-16-25(22)19-26/h3-19,21,27H,1-2H3,(H,30,31)/b29-20+. The number of carbonyl (C=O) groups excluding carboxylic acids is 1. The lowest BCUT2D eigenvalue weighted by atomic mass is 9.88. The maximum absolute atomic E-state index is 12.7. The number of benzene rings is 4. The van der Waals surface area contributed by atoms with E-state index in [0.29, 0.717) is 5.75 Å². The van der Waals surface area contributed by atoms with Crippen LogP contribution in [0.1, 0.15) is 30.9 Å². The van der Waals surface area contributed by atoms with Crippen molar-refractivity contribution < 1.29 is 9.53 Å². The Morgan fingerprint density at radius 1 is 0.781 bits per heavy atom. The molecule has 0 spiro atoms. The van der Waals surface area contributed by atoms with Crippen LogP contribution < -0.4 is 10.2 Å². The van der Waals surface area contributed by atoms with Gasteiger partial charge < -0.3 is 4.74 Å². The molecule has 32 heavy (non-hydrogen) atoms. The third kappa shape index (κ3) is 5.03. The van der Waals surface area contributed by atoms with Gasteiger partial charge in [-0.25, -0.2) is 5.43 Å². The van der Waals surface area contributed by atoms with Crippen molar-refractivity contribution in [2.45, 2.75) is 25.9 Å². The average molecular weight is 423 g/mol. The Morgan fingerprint density at radius 3 is 1.97 bits per heavy atom. The number of fused-ring (bicyclic) bond motifs is 1. The molecule has 4 nitrogen and oxygen atoms in total. The molecule has 4 aromatic rings. The van der Waals surface area contributed by atoms with Crippen molar-refractivity contribution in [2.75, 3.05) is 0 Å². The molecular formula is C28H26N2O2. The minimum Gasteiger partial charge on any atom is -0.481 e. The van der Waals surface area contributed by atoms with E-state index in [1.165, 1.54) is 0 Å². The van der Waals surface area contributed by atoms with Gasteiger partial charge in [0.1, 0.15) is 5.75 Å². The van der Waals surface area contributed by atoms with Crippen LogP contribution in [0.25, 0.3) is 10.8 Å². The van der Waals surface area contributed by atoms with E-state index in [1.54, 1.807) is 6.92 Å². The quantitative estimate of drug-likeness (QED) is 0.296. The lowest BCUT2D eigenvalue weighted by Crippen LogP contribution is -2.34. The number of amides is 1. The van der Waals surface area contributed by atoms with Gasteiger partial charge in [-0.2, -0.15) is 5.10 Å². The van der Waals surface area contributed by atoms with Crippen molar-refractivity contribution in [3.8, 4) is 5.75 Å². The van der Waals surface area contributed by atoms with Gasteiger partial charge >= 0.3 is 0 Å². The minimum absolute atomic E-state index is 0.0468. The largest absolute Gasteiger partial charge is 0.481 e. The molecule has 0 saturated carbocycles. The lowest BCUT2D eigenvalue weighted by molar-refractivity contribution is -0.127. The van der Waals surface area contributed by atoms with Crippen LogP contribution in [-0.2, 0) is 4.79 Å². The first-order chi connectivity index (χ1) is 15.6. The second kappa shape index (κ2) is 9.92. The van der Waals surface area contributed by atoms with Crippen LogP contribution in [0.2, 0.25) is 0 Å². The van der Waals surface area contributed by atoms with Gasteiger partial charge in [0.05, 0.1) is 0 Å². The number of carbonyl (C=O) groups is 1. The molecule has 0 aromatic heterocycles. The summed E-state index contributed by atoms with van der Waals surface area (Å²) in [6, 6.07) is 34.2. The van der Waals surface area contributed by atoms with Gasteiger partial charge in [-0.3, -0.25) is 4.79 Å². The van der Waals surface area contributed by atoms with Crippen molar-refractivity contribution in [2.24, 2.45) is 5.10 Å². The van der Waals surface area contributed by atoms with E-state index >= 15 is 0 Å². The molecule has 0 aliphatic rings. The maximum atomic E-state index is 12.7. The number of hydrogen-bond donors (Lipinski definition) is 1. The Balaban J connectivity index is 1.47. The van der Waals surface area contributed by atoms with Crippen LogP contribution in [0, 0.1) is 0 Å². The Morgan fingerprint density at radius 2 is 1.34 bits per heavy atom. The summed E-state index contributed by atoms with van der Waals surface area (Å²) in [6.45, 7) is 3.65. The Hall–Kier alpha value is -3.92. The molecule has 1 amide bonds. The first-order valence-electron chi connectivity index (χ1n) is 10.7. The third-order valence-electron chi connectivity index (χ3n) is 5.43. The predicted molar refractivity (Wildman–Crippen MR) is 130 cm³/mol. The van der Waals surface area contributed by atoms with Crippen molar-refractivity contribution in [3.05, 3.63) is 114 Å². The van der Waals surface area contributed by atoms with E-state index in [2.05, 4.69) is 34.8 Å². The summed E-state index contributed by atoms with van der Waals surface area (Å²) >= 11 is 0. The zero-order valence-corrected chi connectivity index (χ0v) is 18.2. The van der Waals surface area contributed by atoms with Crippen LogP contribution in [0.15, 0.2) is 108 Å². The first kappa shape index (κ1) is 21.3. The van der Waals surface area contributed by atoms with E-state index in [0.717, 1.165) is 27.6 Å². The molecule has 0 aliphatic carbocycles. The SMILES string of the molecule is C/C(=N\NC(=O)C(C)Oc1ccc2ccccc2c1)C(c1ccccc1)c1ccccc1. The molecule has 0 heterocycles. The number of rotatable bonds is 7. The molecule has 0 saturated heterocycles. The summed E-state index contributed by atoms with van der Waals surface area (Å²) in [5.41, 5.74) is 5.72. The molecule has 0 radical (unpaired) electrons. The van der Waals surface area contributed by atoms with E-state index in [-0.39, 0.29) is 11.8 Å². The average Bonchev–Trinajstić information content (AvgIpc) is 2.84. The van der Waals surface area contributed by atoms with Crippen LogP contribution in [0.5, 0.6) is 5.75 Å². The van der Waals surface area contributed by atoms with Crippen molar-refractivity contribution in [1.29, 1.82) is 0 Å². The predicted octanol–water partition coefficient (Wildman–Crippen LogP) is 5.93.